The highest BCUT2D eigenvalue weighted by Gasteiger charge is 2.09. The number of carboxylic acid groups (broad SMARTS) is 1. The highest BCUT2D eigenvalue weighted by molar-refractivity contribution is 5.95. The highest BCUT2D eigenvalue weighted by atomic mass is 16.4. The van der Waals surface area contributed by atoms with Gasteiger partial charge in [0, 0.05) is 23.2 Å². The van der Waals surface area contributed by atoms with Crippen LogP contribution in [0.1, 0.15) is 23.2 Å². The SMILES string of the molecule is Cc1cc(-c2ccc(C(=N)N)cc2)nn1-c1ccc(CCC(=O)O)cc1. The molecule has 0 amide bonds. The minimum Gasteiger partial charge on any atom is -0.481 e. The van der Waals surface area contributed by atoms with Crippen LogP contribution in [0.4, 0.5) is 0 Å². The van der Waals surface area contributed by atoms with Gasteiger partial charge < -0.3 is 10.8 Å². The zero-order valence-electron chi connectivity index (χ0n) is 14.4. The molecule has 0 radical (unpaired) electrons. The summed E-state index contributed by atoms with van der Waals surface area (Å²) in [4.78, 5) is 10.7. The molecule has 2 aromatic carbocycles. The number of aryl methyl sites for hydroxylation is 2. The first-order chi connectivity index (χ1) is 12.4. The van der Waals surface area contributed by atoms with E-state index in [1.807, 2.05) is 66.2 Å². The van der Waals surface area contributed by atoms with Gasteiger partial charge in [0.1, 0.15) is 5.84 Å². The molecule has 132 valence electrons. The summed E-state index contributed by atoms with van der Waals surface area (Å²) in [6.07, 6.45) is 0.641. The second kappa shape index (κ2) is 7.23. The van der Waals surface area contributed by atoms with E-state index in [9.17, 15) is 4.79 Å². The molecule has 4 N–H and O–H groups in total. The molecule has 0 aliphatic carbocycles. The summed E-state index contributed by atoms with van der Waals surface area (Å²) in [6, 6.07) is 17.2. The standard InChI is InChI=1S/C20H20N4O2/c1-13-12-18(15-5-7-16(8-6-15)20(21)22)23-24(13)17-9-2-14(3-10-17)4-11-19(25)26/h2-3,5-10,12H,4,11H2,1H3,(H3,21,22)(H,25,26). The van der Waals surface area contributed by atoms with Crippen molar-refractivity contribution >= 4 is 11.8 Å². The molecule has 0 bridgehead atoms. The van der Waals surface area contributed by atoms with Gasteiger partial charge in [-0.2, -0.15) is 5.10 Å². The van der Waals surface area contributed by atoms with E-state index in [0.29, 0.717) is 12.0 Å². The van der Waals surface area contributed by atoms with Crippen molar-refractivity contribution in [1.29, 1.82) is 5.41 Å². The summed E-state index contributed by atoms with van der Waals surface area (Å²) >= 11 is 0. The van der Waals surface area contributed by atoms with Gasteiger partial charge in [-0.1, -0.05) is 36.4 Å². The number of hydrogen-bond acceptors (Lipinski definition) is 3. The van der Waals surface area contributed by atoms with Gasteiger partial charge in [-0.3, -0.25) is 10.2 Å². The Kier molecular flexibility index (Phi) is 4.84. The molecule has 26 heavy (non-hydrogen) atoms. The topological polar surface area (TPSA) is 105 Å². The highest BCUT2D eigenvalue weighted by Crippen LogP contribution is 2.22. The Morgan fingerprint density at radius 2 is 1.81 bits per heavy atom. The number of aliphatic carboxylic acids is 1. The first-order valence-electron chi connectivity index (χ1n) is 8.26. The molecule has 6 heteroatoms. The van der Waals surface area contributed by atoms with Crippen LogP contribution in [0.2, 0.25) is 0 Å². The molecule has 0 aliphatic rings. The van der Waals surface area contributed by atoms with E-state index in [1.165, 1.54) is 0 Å². The zero-order chi connectivity index (χ0) is 18.7. The lowest BCUT2D eigenvalue weighted by Crippen LogP contribution is -2.10. The van der Waals surface area contributed by atoms with Gasteiger partial charge in [0.15, 0.2) is 0 Å². The van der Waals surface area contributed by atoms with Gasteiger partial charge in [-0.05, 0) is 37.1 Å². The number of aromatic nitrogens is 2. The number of amidine groups is 1. The van der Waals surface area contributed by atoms with Crippen LogP contribution in [0.5, 0.6) is 0 Å². The summed E-state index contributed by atoms with van der Waals surface area (Å²) in [5.41, 5.74) is 10.9. The van der Waals surface area contributed by atoms with Crippen molar-refractivity contribution < 1.29 is 9.90 Å². The lowest BCUT2D eigenvalue weighted by atomic mass is 10.1. The van der Waals surface area contributed by atoms with Crippen LogP contribution in [0.15, 0.2) is 54.6 Å². The van der Waals surface area contributed by atoms with Crippen LogP contribution in [0.25, 0.3) is 16.9 Å². The van der Waals surface area contributed by atoms with Gasteiger partial charge >= 0.3 is 5.97 Å². The summed E-state index contributed by atoms with van der Waals surface area (Å²) in [7, 11) is 0. The fraction of sp³-hybridized carbons (Fsp3) is 0.150. The number of nitrogen functional groups attached to an aromatic ring is 1. The minimum atomic E-state index is -0.794. The second-order valence-corrected chi connectivity index (χ2v) is 6.13. The maximum atomic E-state index is 10.7. The Hall–Kier alpha value is -3.41. The fourth-order valence-electron chi connectivity index (χ4n) is 2.75. The van der Waals surface area contributed by atoms with Crippen molar-refractivity contribution in [3.63, 3.8) is 0 Å². The molecule has 3 rings (SSSR count). The summed E-state index contributed by atoms with van der Waals surface area (Å²) < 4.78 is 1.86. The molecule has 0 spiro atoms. The van der Waals surface area contributed by atoms with Crippen molar-refractivity contribution in [2.45, 2.75) is 19.8 Å². The Morgan fingerprint density at radius 1 is 1.15 bits per heavy atom. The molecule has 0 saturated heterocycles. The van der Waals surface area contributed by atoms with E-state index in [2.05, 4.69) is 5.10 Å². The van der Waals surface area contributed by atoms with E-state index in [0.717, 1.165) is 28.2 Å². The van der Waals surface area contributed by atoms with Gasteiger partial charge in [0.05, 0.1) is 11.4 Å². The third-order valence-electron chi connectivity index (χ3n) is 4.19. The average molecular weight is 348 g/mol. The lowest BCUT2D eigenvalue weighted by Gasteiger charge is -2.06. The van der Waals surface area contributed by atoms with Gasteiger partial charge in [0.25, 0.3) is 0 Å². The van der Waals surface area contributed by atoms with Crippen LogP contribution in [0.3, 0.4) is 0 Å². The maximum Gasteiger partial charge on any atom is 0.303 e. The van der Waals surface area contributed by atoms with Crippen molar-refractivity contribution in [1.82, 2.24) is 9.78 Å². The predicted molar refractivity (Wildman–Crippen MR) is 101 cm³/mol. The average Bonchev–Trinajstić information content (AvgIpc) is 3.02. The number of carbonyl (C=O) groups is 1. The van der Waals surface area contributed by atoms with E-state index in [-0.39, 0.29) is 12.3 Å². The third-order valence-corrected chi connectivity index (χ3v) is 4.19. The normalized spacial score (nSPS) is 10.7. The quantitative estimate of drug-likeness (QED) is 0.470. The first-order valence-corrected chi connectivity index (χ1v) is 8.26. The number of carboxylic acids is 1. The molecule has 0 fully saturated rings. The van der Waals surface area contributed by atoms with E-state index in [4.69, 9.17) is 16.2 Å². The monoisotopic (exact) mass is 348 g/mol. The number of hydrogen-bond donors (Lipinski definition) is 3. The molecule has 0 saturated carbocycles. The fourth-order valence-corrected chi connectivity index (χ4v) is 2.75. The lowest BCUT2D eigenvalue weighted by molar-refractivity contribution is -0.136. The molecular formula is C20H20N4O2. The predicted octanol–water partition coefficient (Wildman–Crippen LogP) is 3.15. The number of nitrogens with two attached hydrogens (primary N) is 1. The number of nitrogens with zero attached hydrogens (tertiary/aromatic N) is 2. The Bertz CT molecular complexity index is 941. The summed E-state index contributed by atoms with van der Waals surface area (Å²) in [5.74, 6) is -0.751. The van der Waals surface area contributed by atoms with Gasteiger partial charge in [0.2, 0.25) is 0 Å². The van der Waals surface area contributed by atoms with Crippen molar-refractivity contribution in [2.24, 2.45) is 5.73 Å². The van der Waals surface area contributed by atoms with Crippen molar-refractivity contribution in [3.8, 4) is 16.9 Å². The number of rotatable bonds is 6. The first kappa shape index (κ1) is 17.4. The zero-order valence-corrected chi connectivity index (χ0v) is 14.4. The molecule has 6 nitrogen and oxygen atoms in total. The van der Waals surface area contributed by atoms with Crippen LogP contribution < -0.4 is 5.73 Å². The van der Waals surface area contributed by atoms with E-state index in [1.54, 1.807) is 0 Å². The summed E-state index contributed by atoms with van der Waals surface area (Å²) in [6.45, 7) is 1.98. The maximum absolute atomic E-state index is 10.7. The van der Waals surface area contributed by atoms with Crippen molar-refractivity contribution in [2.75, 3.05) is 0 Å². The largest absolute Gasteiger partial charge is 0.481 e. The minimum absolute atomic E-state index is 0.0428. The Balaban J connectivity index is 1.83. The second-order valence-electron chi connectivity index (χ2n) is 6.13. The van der Waals surface area contributed by atoms with Crippen LogP contribution in [-0.4, -0.2) is 26.7 Å². The smallest absolute Gasteiger partial charge is 0.303 e. The van der Waals surface area contributed by atoms with E-state index < -0.39 is 5.97 Å². The summed E-state index contributed by atoms with van der Waals surface area (Å²) in [5, 5.41) is 20.9. The van der Waals surface area contributed by atoms with Crippen molar-refractivity contribution in [3.05, 3.63) is 71.4 Å². The van der Waals surface area contributed by atoms with Crippen LogP contribution in [0, 0.1) is 12.3 Å². The molecule has 1 heterocycles. The molecular weight excluding hydrogens is 328 g/mol. The number of nitrogens with one attached hydrogen (secondary N) is 1. The molecule has 3 aromatic rings. The Labute approximate surface area is 151 Å². The number of benzene rings is 2. The Morgan fingerprint density at radius 3 is 2.38 bits per heavy atom. The van der Waals surface area contributed by atoms with Gasteiger partial charge in [-0.15, -0.1) is 0 Å². The molecule has 1 aromatic heterocycles. The molecule has 0 unspecified atom stereocenters. The van der Waals surface area contributed by atoms with E-state index >= 15 is 0 Å². The van der Waals surface area contributed by atoms with Crippen LogP contribution >= 0.6 is 0 Å². The third kappa shape index (κ3) is 3.80. The van der Waals surface area contributed by atoms with Crippen LogP contribution in [-0.2, 0) is 11.2 Å². The molecule has 0 atom stereocenters. The molecule has 0 aliphatic heterocycles. The van der Waals surface area contributed by atoms with Gasteiger partial charge in [-0.25, -0.2) is 4.68 Å².